The molecule has 2 rings (SSSR count). The van der Waals surface area contributed by atoms with Crippen molar-refractivity contribution in [2.24, 2.45) is 7.05 Å². The summed E-state index contributed by atoms with van der Waals surface area (Å²) in [6.45, 7) is 1.15. The third-order valence-electron chi connectivity index (χ3n) is 1.91. The van der Waals surface area contributed by atoms with Crippen molar-refractivity contribution in [1.29, 1.82) is 0 Å². The van der Waals surface area contributed by atoms with Crippen molar-refractivity contribution >= 4 is 0 Å². The Balaban J connectivity index is 2.28. The molecular weight excluding hydrogens is 144 g/mol. The lowest BCUT2D eigenvalue weighted by Crippen LogP contribution is -2.57. The Labute approximate surface area is 64.0 Å². The third kappa shape index (κ3) is 0.928. The Bertz CT molecular complexity index is 265. The summed E-state index contributed by atoms with van der Waals surface area (Å²) < 4.78 is 0. The van der Waals surface area contributed by atoms with Crippen LogP contribution in [0.25, 0.3) is 0 Å². The molecule has 2 N–H and O–H groups in total. The molecule has 0 spiro atoms. The van der Waals surface area contributed by atoms with Gasteiger partial charge in [-0.1, -0.05) is 0 Å². The molecule has 0 saturated carbocycles. The van der Waals surface area contributed by atoms with E-state index in [4.69, 9.17) is 0 Å². The summed E-state index contributed by atoms with van der Waals surface area (Å²) in [5.41, 5.74) is -0.118. The van der Waals surface area contributed by atoms with Crippen LogP contribution in [0.1, 0.15) is 5.69 Å². The number of aliphatic hydroxyl groups is 1. The van der Waals surface area contributed by atoms with Crippen LogP contribution in [-0.4, -0.2) is 33.2 Å². The van der Waals surface area contributed by atoms with Crippen LogP contribution in [0.4, 0.5) is 0 Å². The van der Waals surface area contributed by atoms with Crippen LogP contribution in [0, 0.1) is 0 Å². The van der Waals surface area contributed by atoms with E-state index in [1.165, 1.54) is 4.80 Å². The van der Waals surface area contributed by atoms with Crippen LogP contribution in [0.3, 0.4) is 0 Å². The molecule has 1 fully saturated rings. The number of nitrogens with zero attached hydrogens (tertiary/aromatic N) is 3. The SMILES string of the molecule is Cn1ncc(C2(O)CNC2)n1. The summed E-state index contributed by atoms with van der Waals surface area (Å²) >= 11 is 0. The van der Waals surface area contributed by atoms with E-state index in [0.29, 0.717) is 18.8 Å². The molecule has 0 aliphatic carbocycles. The Morgan fingerprint density at radius 1 is 1.73 bits per heavy atom. The van der Waals surface area contributed by atoms with Gasteiger partial charge >= 0.3 is 0 Å². The van der Waals surface area contributed by atoms with E-state index >= 15 is 0 Å². The first-order chi connectivity index (χ1) is 5.21. The zero-order valence-electron chi connectivity index (χ0n) is 6.28. The molecule has 1 saturated heterocycles. The van der Waals surface area contributed by atoms with Gasteiger partial charge in [0.15, 0.2) is 0 Å². The maximum absolute atomic E-state index is 9.72. The minimum Gasteiger partial charge on any atom is -0.381 e. The zero-order valence-corrected chi connectivity index (χ0v) is 6.28. The zero-order chi connectivity index (χ0) is 7.90. The van der Waals surface area contributed by atoms with E-state index < -0.39 is 5.60 Å². The highest BCUT2D eigenvalue weighted by Crippen LogP contribution is 2.21. The molecule has 11 heavy (non-hydrogen) atoms. The topological polar surface area (TPSA) is 63.0 Å². The van der Waals surface area contributed by atoms with Gasteiger partial charge in [-0.3, -0.25) is 0 Å². The van der Waals surface area contributed by atoms with Gasteiger partial charge in [0.1, 0.15) is 11.3 Å². The van der Waals surface area contributed by atoms with Crippen molar-refractivity contribution < 1.29 is 5.11 Å². The number of β-amino-alcohol motifs (C(OH)–C–C–N with tert-alkyl or cyclic N) is 1. The first-order valence-corrected chi connectivity index (χ1v) is 3.51. The molecule has 2 heterocycles. The summed E-state index contributed by atoms with van der Waals surface area (Å²) in [5.74, 6) is 0. The molecule has 5 nitrogen and oxygen atoms in total. The maximum atomic E-state index is 9.72. The minimum atomic E-state index is -0.770. The molecule has 0 atom stereocenters. The number of hydrogen-bond acceptors (Lipinski definition) is 4. The van der Waals surface area contributed by atoms with E-state index in [1.807, 2.05) is 0 Å². The molecular formula is C6H10N4O. The standard InChI is InChI=1S/C6H10N4O/c1-10-8-2-5(9-10)6(11)3-7-4-6/h2,7,11H,3-4H2,1H3. The van der Waals surface area contributed by atoms with Crippen LogP contribution < -0.4 is 5.32 Å². The highest BCUT2D eigenvalue weighted by atomic mass is 16.3. The van der Waals surface area contributed by atoms with E-state index in [0.717, 1.165) is 0 Å². The summed E-state index contributed by atoms with van der Waals surface area (Å²) in [7, 11) is 1.74. The molecule has 1 aromatic heterocycles. The maximum Gasteiger partial charge on any atom is 0.135 e. The second-order valence-electron chi connectivity index (χ2n) is 2.85. The van der Waals surface area contributed by atoms with Gasteiger partial charge in [-0.2, -0.15) is 15.0 Å². The predicted molar refractivity (Wildman–Crippen MR) is 37.8 cm³/mol. The van der Waals surface area contributed by atoms with Crippen molar-refractivity contribution in [3.05, 3.63) is 11.9 Å². The normalized spacial score (nSPS) is 21.3. The van der Waals surface area contributed by atoms with Crippen LogP contribution in [-0.2, 0) is 12.6 Å². The average molecular weight is 154 g/mol. The van der Waals surface area contributed by atoms with Crippen molar-refractivity contribution in [1.82, 2.24) is 20.3 Å². The molecule has 0 aromatic carbocycles. The number of aromatic nitrogens is 3. The monoisotopic (exact) mass is 154 g/mol. The smallest absolute Gasteiger partial charge is 0.135 e. The fourth-order valence-electron chi connectivity index (χ4n) is 1.10. The second-order valence-corrected chi connectivity index (χ2v) is 2.85. The largest absolute Gasteiger partial charge is 0.381 e. The summed E-state index contributed by atoms with van der Waals surface area (Å²) in [6.07, 6.45) is 1.60. The van der Waals surface area contributed by atoms with Crippen molar-refractivity contribution in [3.8, 4) is 0 Å². The fourth-order valence-corrected chi connectivity index (χ4v) is 1.10. The van der Waals surface area contributed by atoms with Gasteiger partial charge in [0, 0.05) is 20.1 Å². The number of aryl methyl sites for hydroxylation is 1. The van der Waals surface area contributed by atoms with Crippen LogP contribution >= 0.6 is 0 Å². The molecule has 60 valence electrons. The van der Waals surface area contributed by atoms with Gasteiger partial charge in [0.05, 0.1) is 6.20 Å². The van der Waals surface area contributed by atoms with Crippen molar-refractivity contribution in [2.45, 2.75) is 5.60 Å². The van der Waals surface area contributed by atoms with E-state index in [1.54, 1.807) is 13.2 Å². The molecule has 0 radical (unpaired) electrons. The van der Waals surface area contributed by atoms with Gasteiger partial charge in [-0.15, -0.1) is 0 Å². The van der Waals surface area contributed by atoms with Gasteiger partial charge < -0.3 is 10.4 Å². The van der Waals surface area contributed by atoms with Gasteiger partial charge in [-0.25, -0.2) is 0 Å². The second kappa shape index (κ2) is 2.02. The van der Waals surface area contributed by atoms with Crippen molar-refractivity contribution in [3.63, 3.8) is 0 Å². The highest BCUT2D eigenvalue weighted by molar-refractivity contribution is 5.12. The Kier molecular flexibility index (Phi) is 1.24. The number of hydrogen-bond donors (Lipinski definition) is 2. The quantitative estimate of drug-likeness (QED) is 0.522. The third-order valence-corrected chi connectivity index (χ3v) is 1.91. The average Bonchev–Trinajstić information content (AvgIpc) is 2.31. The summed E-state index contributed by atoms with van der Waals surface area (Å²) in [4.78, 5) is 1.45. The Morgan fingerprint density at radius 2 is 2.45 bits per heavy atom. The Hall–Kier alpha value is -0.940. The summed E-state index contributed by atoms with van der Waals surface area (Å²) in [6, 6.07) is 0. The molecule has 1 aliphatic rings. The first-order valence-electron chi connectivity index (χ1n) is 3.51. The predicted octanol–water partition coefficient (Wildman–Crippen LogP) is -1.39. The lowest BCUT2D eigenvalue weighted by atomic mass is 9.94. The summed E-state index contributed by atoms with van der Waals surface area (Å²) in [5, 5.41) is 20.6. The number of rotatable bonds is 1. The molecule has 0 unspecified atom stereocenters. The fraction of sp³-hybridized carbons (Fsp3) is 0.667. The lowest BCUT2D eigenvalue weighted by molar-refractivity contribution is -0.0190. The Morgan fingerprint density at radius 3 is 2.82 bits per heavy atom. The van der Waals surface area contributed by atoms with Crippen LogP contribution in [0.5, 0.6) is 0 Å². The number of nitrogens with one attached hydrogen (secondary N) is 1. The van der Waals surface area contributed by atoms with E-state index in [9.17, 15) is 5.11 Å². The van der Waals surface area contributed by atoms with Crippen LogP contribution in [0.2, 0.25) is 0 Å². The lowest BCUT2D eigenvalue weighted by Gasteiger charge is -2.35. The molecule has 5 heteroatoms. The molecule has 0 bridgehead atoms. The van der Waals surface area contributed by atoms with Gasteiger partial charge in [0.25, 0.3) is 0 Å². The van der Waals surface area contributed by atoms with E-state index in [-0.39, 0.29) is 0 Å². The van der Waals surface area contributed by atoms with Gasteiger partial charge in [0.2, 0.25) is 0 Å². The molecule has 0 amide bonds. The minimum absolute atomic E-state index is 0.575. The highest BCUT2D eigenvalue weighted by Gasteiger charge is 2.38. The van der Waals surface area contributed by atoms with Crippen molar-refractivity contribution in [2.75, 3.05) is 13.1 Å². The van der Waals surface area contributed by atoms with Gasteiger partial charge in [-0.05, 0) is 0 Å². The molecule has 1 aromatic rings. The first kappa shape index (κ1) is 6.75. The van der Waals surface area contributed by atoms with E-state index in [2.05, 4.69) is 15.5 Å². The van der Waals surface area contributed by atoms with Crippen LogP contribution in [0.15, 0.2) is 6.20 Å². The molecule has 1 aliphatic heterocycles.